The molecule has 0 aliphatic rings. The molecule has 0 saturated heterocycles. The summed E-state index contributed by atoms with van der Waals surface area (Å²) in [4.78, 5) is 20.6. The molecule has 9 heteroatoms. The Morgan fingerprint density at radius 2 is 1.94 bits per heavy atom. The Bertz CT molecular complexity index is 1340. The molecular weight excluding hydrogens is 474 g/mol. The molecule has 2 aromatic carbocycles. The second-order valence-corrected chi connectivity index (χ2v) is 9.02. The van der Waals surface area contributed by atoms with Gasteiger partial charge in [-0.05, 0) is 59.7 Å². The van der Waals surface area contributed by atoms with Crippen LogP contribution in [0.1, 0.15) is 29.3 Å². The fourth-order valence-electron chi connectivity index (χ4n) is 3.39. The summed E-state index contributed by atoms with van der Waals surface area (Å²) < 4.78 is 35.7. The number of aromatic nitrogens is 2. The number of ketones is 1. The number of nitrogens with zero attached hydrogens (tertiary/aromatic N) is 1. The van der Waals surface area contributed by atoms with Crippen molar-refractivity contribution in [3.63, 3.8) is 0 Å². The second kappa shape index (κ2) is 10.8. The maximum absolute atomic E-state index is 15.1. The van der Waals surface area contributed by atoms with Crippen LogP contribution in [0.3, 0.4) is 0 Å². The Balaban J connectivity index is 1.68. The molecule has 2 aromatic heterocycles. The van der Waals surface area contributed by atoms with Crippen molar-refractivity contribution in [3.05, 3.63) is 89.6 Å². The van der Waals surface area contributed by atoms with Gasteiger partial charge in [0.05, 0.1) is 11.3 Å². The fraction of sp³-hybridized carbons (Fsp3) is 0.120. The molecular formula is C25H22F2N4OS2. The van der Waals surface area contributed by atoms with Gasteiger partial charge < -0.3 is 14.4 Å². The SMILES string of the molecule is C=CSNc1ccc(-c2cnc3[nH]cc(C(=O)c4c(F)ccc(NSCCC)c4F)c3c2)cc1. The van der Waals surface area contributed by atoms with Gasteiger partial charge in [0.2, 0.25) is 5.78 Å². The molecule has 0 bridgehead atoms. The van der Waals surface area contributed by atoms with Crippen LogP contribution in [-0.2, 0) is 0 Å². The average molecular weight is 497 g/mol. The summed E-state index contributed by atoms with van der Waals surface area (Å²) in [5.74, 6) is -1.81. The van der Waals surface area contributed by atoms with E-state index in [1.54, 1.807) is 17.7 Å². The molecule has 0 fully saturated rings. The molecule has 0 aliphatic carbocycles. The van der Waals surface area contributed by atoms with Crippen LogP contribution in [-0.4, -0.2) is 21.5 Å². The third-order valence-electron chi connectivity index (χ3n) is 5.06. The van der Waals surface area contributed by atoms with Gasteiger partial charge in [0, 0.05) is 40.3 Å². The first-order chi connectivity index (χ1) is 16.5. The number of fused-ring (bicyclic) bond motifs is 1. The smallest absolute Gasteiger partial charge is 0.201 e. The van der Waals surface area contributed by atoms with Crippen molar-refractivity contribution in [3.8, 4) is 11.1 Å². The normalized spacial score (nSPS) is 10.9. The minimum absolute atomic E-state index is 0.0742. The summed E-state index contributed by atoms with van der Waals surface area (Å²) in [6, 6.07) is 11.9. The highest BCUT2D eigenvalue weighted by atomic mass is 32.2. The van der Waals surface area contributed by atoms with E-state index in [4.69, 9.17) is 0 Å². The molecule has 3 N–H and O–H groups in total. The van der Waals surface area contributed by atoms with E-state index in [0.717, 1.165) is 35.1 Å². The van der Waals surface area contributed by atoms with Crippen molar-refractivity contribution < 1.29 is 13.6 Å². The van der Waals surface area contributed by atoms with Gasteiger partial charge in [-0.15, -0.1) is 0 Å². The lowest BCUT2D eigenvalue weighted by molar-refractivity contribution is 0.103. The fourth-order valence-corrected chi connectivity index (χ4v) is 4.37. The lowest BCUT2D eigenvalue weighted by Crippen LogP contribution is -2.09. The predicted octanol–water partition coefficient (Wildman–Crippen LogP) is 7.41. The molecule has 0 spiro atoms. The van der Waals surface area contributed by atoms with E-state index < -0.39 is 23.0 Å². The molecule has 0 atom stereocenters. The third-order valence-corrected chi connectivity index (χ3v) is 6.56. The van der Waals surface area contributed by atoms with Crippen LogP contribution in [0.4, 0.5) is 20.2 Å². The summed E-state index contributed by atoms with van der Waals surface area (Å²) in [5.41, 5.74) is 2.67. The molecule has 0 saturated carbocycles. The Kier molecular flexibility index (Phi) is 7.54. The highest BCUT2D eigenvalue weighted by molar-refractivity contribution is 8.03. The number of carbonyl (C=O) groups excluding carboxylic acids is 1. The number of pyridine rings is 1. The first-order valence-corrected chi connectivity index (χ1v) is 12.4. The number of H-pyrrole nitrogens is 1. The van der Waals surface area contributed by atoms with Crippen molar-refractivity contribution in [1.29, 1.82) is 0 Å². The number of benzene rings is 2. The van der Waals surface area contributed by atoms with E-state index in [9.17, 15) is 9.18 Å². The van der Waals surface area contributed by atoms with Crippen molar-refractivity contribution in [2.75, 3.05) is 15.2 Å². The van der Waals surface area contributed by atoms with Crippen LogP contribution in [0, 0.1) is 11.6 Å². The molecule has 4 rings (SSSR count). The minimum atomic E-state index is -0.910. The number of halogens is 2. The zero-order chi connectivity index (χ0) is 24.1. The largest absolute Gasteiger partial charge is 0.345 e. The van der Waals surface area contributed by atoms with Gasteiger partial charge in [-0.3, -0.25) is 4.79 Å². The van der Waals surface area contributed by atoms with Crippen LogP contribution in [0.5, 0.6) is 0 Å². The summed E-state index contributed by atoms with van der Waals surface area (Å²) in [7, 11) is 0. The van der Waals surface area contributed by atoms with E-state index in [-0.39, 0.29) is 11.3 Å². The van der Waals surface area contributed by atoms with Crippen LogP contribution in [0.25, 0.3) is 22.2 Å². The average Bonchev–Trinajstić information content (AvgIpc) is 3.28. The van der Waals surface area contributed by atoms with Crippen LogP contribution in [0.15, 0.2) is 66.8 Å². The summed E-state index contributed by atoms with van der Waals surface area (Å²) >= 11 is 2.67. The molecule has 174 valence electrons. The topological polar surface area (TPSA) is 69.8 Å². The van der Waals surface area contributed by atoms with Gasteiger partial charge in [0.25, 0.3) is 0 Å². The predicted molar refractivity (Wildman–Crippen MR) is 139 cm³/mol. The number of hydrogen-bond donors (Lipinski definition) is 3. The molecule has 0 amide bonds. The van der Waals surface area contributed by atoms with Crippen molar-refractivity contribution >= 4 is 52.1 Å². The van der Waals surface area contributed by atoms with Crippen LogP contribution in [0.2, 0.25) is 0 Å². The number of rotatable bonds is 10. The summed E-state index contributed by atoms with van der Waals surface area (Å²) in [6.45, 7) is 5.65. The maximum Gasteiger partial charge on any atom is 0.201 e. The van der Waals surface area contributed by atoms with Gasteiger partial charge in [0.15, 0.2) is 5.82 Å². The Labute approximate surface area is 204 Å². The van der Waals surface area contributed by atoms with Gasteiger partial charge in [-0.25, -0.2) is 13.8 Å². The highest BCUT2D eigenvalue weighted by Crippen LogP contribution is 2.30. The van der Waals surface area contributed by atoms with Gasteiger partial charge >= 0.3 is 0 Å². The molecule has 4 aromatic rings. The Morgan fingerprint density at radius 1 is 1.15 bits per heavy atom. The number of hydrogen-bond acceptors (Lipinski definition) is 6. The molecule has 0 radical (unpaired) electrons. The first-order valence-electron chi connectivity index (χ1n) is 10.5. The molecule has 2 heterocycles. The van der Waals surface area contributed by atoms with Crippen molar-refractivity contribution in [1.82, 2.24) is 9.97 Å². The van der Waals surface area contributed by atoms with E-state index in [0.29, 0.717) is 11.0 Å². The number of carbonyl (C=O) groups is 1. The van der Waals surface area contributed by atoms with Crippen molar-refractivity contribution in [2.24, 2.45) is 0 Å². The standard InChI is InChI=1S/C25H22F2N4OS2/c1-3-11-34-31-21-10-9-20(26)22(23(21)27)24(32)19-14-29-25-18(19)12-16(13-28-25)15-5-7-17(8-6-15)30-33-4-2/h4-10,12-14,30-31H,2-3,11H2,1H3,(H,28,29). The first kappa shape index (κ1) is 23.8. The molecule has 0 aliphatic heterocycles. The third kappa shape index (κ3) is 4.95. The van der Waals surface area contributed by atoms with E-state index in [1.807, 2.05) is 31.2 Å². The van der Waals surface area contributed by atoms with Gasteiger partial charge in [-0.2, -0.15) is 0 Å². The minimum Gasteiger partial charge on any atom is -0.345 e. The van der Waals surface area contributed by atoms with Crippen LogP contribution < -0.4 is 9.44 Å². The summed E-state index contributed by atoms with van der Waals surface area (Å²) in [6.07, 6.45) is 4.02. The molecule has 5 nitrogen and oxygen atoms in total. The quantitative estimate of drug-likeness (QED) is 0.121. The Hall–Kier alpha value is -3.30. The lowest BCUT2D eigenvalue weighted by atomic mass is 10.00. The monoisotopic (exact) mass is 496 g/mol. The number of aromatic amines is 1. The van der Waals surface area contributed by atoms with E-state index >= 15 is 4.39 Å². The van der Waals surface area contributed by atoms with Gasteiger partial charge in [0.1, 0.15) is 11.5 Å². The van der Waals surface area contributed by atoms with Crippen molar-refractivity contribution in [2.45, 2.75) is 13.3 Å². The molecule has 34 heavy (non-hydrogen) atoms. The lowest BCUT2D eigenvalue weighted by Gasteiger charge is -2.10. The zero-order valence-corrected chi connectivity index (χ0v) is 20.0. The number of anilines is 2. The van der Waals surface area contributed by atoms with Crippen LogP contribution >= 0.6 is 23.9 Å². The summed E-state index contributed by atoms with van der Waals surface area (Å²) in [5, 5.41) is 2.18. The molecule has 0 unspecified atom stereocenters. The second-order valence-electron chi connectivity index (χ2n) is 7.35. The maximum atomic E-state index is 15.1. The Morgan fingerprint density at radius 3 is 2.68 bits per heavy atom. The highest BCUT2D eigenvalue weighted by Gasteiger charge is 2.24. The van der Waals surface area contributed by atoms with E-state index in [2.05, 4.69) is 26.0 Å². The number of nitrogens with one attached hydrogen (secondary N) is 3. The zero-order valence-electron chi connectivity index (χ0n) is 18.3. The van der Waals surface area contributed by atoms with Gasteiger partial charge in [-0.1, -0.05) is 37.6 Å². The van der Waals surface area contributed by atoms with E-state index in [1.165, 1.54) is 36.2 Å².